The molecule has 0 radical (unpaired) electrons. The van der Waals surface area contributed by atoms with Crippen molar-refractivity contribution in [3.63, 3.8) is 0 Å². The molecule has 0 saturated carbocycles. The number of nitrogens with one attached hydrogen (secondary N) is 1. The van der Waals surface area contributed by atoms with Gasteiger partial charge >= 0.3 is 0 Å². The first-order chi connectivity index (χ1) is 20.1. The van der Waals surface area contributed by atoms with E-state index in [0.717, 1.165) is 38.2 Å². The van der Waals surface area contributed by atoms with E-state index in [1.54, 1.807) is 49.4 Å². The van der Waals surface area contributed by atoms with E-state index in [2.05, 4.69) is 17.3 Å². The lowest BCUT2D eigenvalue weighted by Gasteiger charge is -2.31. The van der Waals surface area contributed by atoms with Gasteiger partial charge in [0.1, 0.15) is 0 Å². The van der Waals surface area contributed by atoms with Crippen molar-refractivity contribution in [3.8, 4) is 11.1 Å². The molecule has 3 aromatic carbocycles. The number of nitrogens with zero attached hydrogens (tertiary/aromatic N) is 1. The second kappa shape index (κ2) is 12.5. The molecule has 0 atom stereocenters. The zero-order valence-corrected chi connectivity index (χ0v) is 25.5. The van der Waals surface area contributed by atoms with E-state index in [1.165, 1.54) is 6.07 Å². The monoisotopic (exact) mass is 608 g/mol. The highest BCUT2D eigenvalue weighted by Crippen LogP contribution is 2.34. The number of carbonyl (C=O) groups is 1. The van der Waals surface area contributed by atoms with E-state index >= 15 is 0 Å². The molecule has 1 fully saturated rings. The molecular weight excluding hydrogens is 572 g/mol. The summed E-state index contributed by atoms with van der Waals surface area (Å²) in [5.74, 6) is -0.623. The van der Waals surface area contributed by atoms with E-state index in [0.29, 0.717) is 34.0 Å². The number of ether oxygens (including phenoxy) is 1. The number of fused-ring (bicyclic) bond motifs is 1. The Morgan fingerprint density at radius 2 is 1.74 bits per heavy atom. The predicted molar refractivity (Wildman–Crippen MR) is 165 cm³/mol. The highest BCUT2D eigenvalue weighted by atomic mass is 32.2. The molecule has 1 N–H and O–H groups in total. The molecule has 0 bridgehead atoms. The van der Waals surface area contributed by atoms with Gasteiger partial charge in [-0.05, 0) is 79.4 Å². The average molecular weight is 609 g/mol. The molecule has 2 heterocycles. The Balaban J connectivity index is 1.38. The summed E-state index contributed by atoms with van der Waals surface area (Å²) >= 11 is 0. The minimum absolute atomic E-state index is 0.0544. The molecule has 8 nitrogen and oxygen atoms in total. The van der Waals surface area contributed by atoms with E-state index < -0.39 is 19.7 Å². The number of carbonyl (C=O) groups excluding carboxylic acids is 1. The van der Waals surface area contributed by atoms with Crippen molar-refractivity contribution >= 4 is 37.3 Å². The van der Waals surface area contributed by atoms with Crippen molar-refractivity contribution in [1.29, 1.82) is 0 Å². The molecule has 1 amide bonds. The molecule has 5 rings (SSSR count). The van der Waals surface area contributed by atoms with E-state index in [-0.39, 0.29) is 33.6 Å². The van der Waals surface area contributed by atoms with Crippen LogP contribution in [0.25, 0.3) is 17.2 Å². The zero-order valence-electron chi connectivity index (χ0n) is 23.9. The number of hydrogen-bond acceptors (Lipinski definition) is 7. The van der Waals surface area contributed by atoms with Gasteiger partial charge in [0.25, 0.3) is 5.91 Å². The van der Waals surface area contributed by atoms with Crippen LogP contribution in [0, 0.1) is 0 Å². The van der Waals surface area contributed by atoms with Crippen LogP contribution in [0.4, 0.5) is 5.69 Å². The Morgan fingerprint density at radius 1 is 1.02 bits per heavy atom. The summed E-state index contributed by atoms with van der Waals surface area (Å²) in [5, 5.41) is 2.91. The molecule has 0 spiro atoms. The molecular formula is C32H36N2O6S2. The first-order valence-corrected chi connectivity index (χ1v) is 17.5. The highest BCUT2D eigenvalue weighted by Gasteiger charge is 2.26. The first kappa shape index (κ1) is 30.2. The second-order valence-electron chi connectivity index (χ2n) is 10.8. The van der Waals surface area contributed by atoms with Crippen LogP contribution in [0.2, 0.25) is 0 Å². The van der Waals surface area contributed by atoms with Crippen LogP contribution in [-0.4, -0.2) is 65.5 Å². The number of hydrogen-bond donors (Lipinski definition) is 1. The van der Waals surface area contributed by atoms with Crippen molar-refractivity contribution in [1.82, 2.24) is 4.90 Å². The molecule has 0 unspecified atom stereocenters. The van der Waals surface area contributed by atoms with Gasteiger partial charge < -0.3 is 10.1 Å². The maximum Gasteiger partial charge on any atom is 0.251 e. The maximum absolute atomic E-state index is 13.3. The fourth-order valence-electron chi connectivity index (χ4n) is 5.48. The Labute approximate surface area is 248 Å². The second-order valence-corrected chi connectivity index (χ2v) is 15.1. The largest absolute Gasteiger partial charge is 0.381 e. The summed E-state index contributed by atoms with van der Waals surface area (Å²) in [6, 6.07) is 19.6. The summed E-state index contributed by atoms with van der Waals surface area (Å²) in [6.07, 6.45) is 3.70. The van der Waals surface area contributed by atoms with Crippen LogP contribution >= 0.6 is 0 Å². The van der Waals surface area contributed by atoms with Crippen LogP contribution < -0.4 is 5.32 Å². The van der Waals surface area contributed by atoms with E-state index in [4.69, 9.17) is 4.74 Å². The van der Waals surface area contributed by atoms with Gasteiger partial charge in [-0.2, -0.15) is 0 Å². The molecule has 0 aliphatic carbocycles. The third-order valence-electron chi connectivity index (χ3n) is 7.98. The van der Waals surface area contributed by atoms with Gasteiger partial charge in [-0.15, -0.1) is 0 Å². The van der Waals surface area contributed by atoms with Crippen molar-refractivity contribution in [3.05, 3.63) is 83.4 Å². The molecule has 2 aliphatic heterocycles. The molecule has 42 heavy (non-hydrogen) atoms. The van der Waals surface area contributed by atoms with Crippen LogP contribution in [-0.2, 0) is 35.8 Å². The fraction of sp³-hybridized carbons (Fsp3) is 0.344. The normalized spacial score (nSPS) is 17.3. The first-order valence-electron chi connectivity index (χ1n) is 14.2. The molecule has 222 valence electrons. The summed E-state index contributed by atoms with van der Waals surface area (Å²) < 4.78 is 57.1. The Kier molecular flexibility index (Phi) is 8.98. The van der Waals surface area contributed by atoms with Gasteiger partial charge in [0.15, 0.2) is 19.7 Å². The standard InChI is InChI=1S/C32H36N2O6S2/c1-3-41(36,37)31-7-5-4-6-29(31)24-10-13-30-26(20-24)21-25(16-19-42(30,38)39)32(35)33-27-11-8-23(9-12-27)22-34(2)28-14-17-40-18-15-28/h4-13,20-21,28H,3,14-19,22H2,1-2H3,(H,33,35). The minimum atomic E-state index is -3.65. The van der Waals surface area contributed by atoms with Crippen molar-refractivity contribution in [2.24, 2.45) is 0 Å². The molecule has 10 heteroatoms. The van der Waals surface area contributed by atoms with Crippen molar-refractivity contribution in [2.75, 3.05) is 37.1 Å². The number of rotatable bonds is 8. The number of sulfone groups is 2. The molecule has 2 aliphatic rings. The molecule has 3 aromatic rings. The SMILES string of the molecule is CCS(=O)(=O)c1ccccc1-c1ccc2c(c1)C=C(C(=O)Nc1ccc(CN(C)C3CCOCC3)cc1)CCS2(=O)=O. The van der Waals surface area contributed by atoms with Crippen LogP contribution in [0.5, 0.6) is 0 Å². The third kappa shape index (κ3) is 6.67. The minimum Gasteiger partial charge on any atom is -0.381 e. The number of benzene rings is 3. The lowest BCUT2D eigenvalue weighted by atomic mass is 10.0. The van der Waals surface area contributed by atoms with Crippen LogP contribution in [0.15, 0.2) is 82.1 Å². The summed E-state index contributed by atoms with van der Waals surface area (Å²) in [7, 11) is -5.04. The molecule has 0 aromatic heterocycles. The maximum atomic E-state index is 13.3. The van der Waals surface area contributed by atoms with Crippen LogP contribution in [0.3, 0.4) is 0 Å². The van der Waals surface area contributed by atoms with E-state index in [1.807, 2.05) is 24.3 Å². The Hall–Kier alpha value is -3.31. The van der Waals surface area contributed by atoms with E-state index in [9.17, 15) is 21.6 Å². The number of amides is 1. The topological polar surface area (TPSA) is 110 Å². The van der Waals surface area contributed by atoms with Gasteiger partial charge in [0, 0.05) is 42.6 Å². The Bertz CT molecular complexity index is 1710. The predicted octanol–water partition coefficient (Wildman–Crippen LogP) is 4.96. The quantitative estimate of drug-likeness (QED) is 0.385. The summed E-state index contributed by atoms with van der Waals surface area (Å²) in [5.41, 5.74) is 3.52. The highest BCUT2D eigenvalue weighted by molar-refractivity contribution is 7.91. The van der Waals surface area contributed by atoms with Gasteiger partial charge in [0.2, 0.25) is 0 Å². The third-order valence-corrected chi connectivity index (χ3v) is 11.5. The summed E-state index contributed by atoms with van der Waals surface area (Å²) in [4.78, 5) is 16.0. The lowest BCUT2D eigenvalue weighted by molar-refractivity contribution is -0.112. The lowest BCUT2D eigenvalue weighted by Crippen LogP contribution is -2.36. The number of anilines is 1. The van der Waals surface area contributed by atoms with Gasteiger partial charge in [-0.25, -0.2) is 16.8 Å². The van der Waals surface area contributed by atoms with Gasteiger partial charge in [0.05, 0.1) is 21.3 Å². The molecule has 1 saturated heterocycles. The fourth-order valence-corrected chi connectivity index (χ4v) is 8.06. The zero-order chi connectivity index (χ0) is 29.9. The Morgan fingerprint density at radius 3 is 2.45 bits per heavy atom. The van der Waals surface area contributed by atoms with Crippen molar-refractivity contribution in [2.45, 2.75) is 48.6 Å². The smallest absolute Gasteiger partial charge is 0.251 e. The van der Waals surface area contributed by atoms with Crippen molar-refractivity contribution < 1.29 is 26.4 Å². The van der Waals surface area contributed by atoms with Gasteiger partial charge in [-0.1, -0.05) is 43.3 Å². The average Bonchev–Trinajstić information content (AvgIpc) is 3.13. The van der Waals surface area contributed by atoms with Crippen LogP contribution in [0.1, 0.15) is 37.3 Å². The summed E-state index contributed by atoms with van der Waals surface area (Å²) in [6.45, 7) is 3.96. The van der Waals surface area contributed by atoms with Gasteiger partial charge in [-0.3, -0.25) is 9.69 Å².